The summed E-state index contributed by atoms with van der Waals surface area (Å²) < 4.78 is 6.68. The van der Waals surface area contributed by atoms with Gasteiger partial charge in [-0.15, -0.1) is 11.6 Å². The van der Waals surface area contributed by atoms with Gasteiger partial charge in [-0.1, -0.05) is 47.4 Å². The molecule has 2 aromatic rings. The second-order valence-corrected chi connectivity index (χ2v) is 7.68. The van der Waals surface area contributed by atoms with Crippen molar-refractivity contribution in [1.29, 1.82) is 0 Å². The SMILES string of the molecule is CC1(C)COc2ccc(C(Cl)c3cc(Cl)ccc3Br)cc21. The van der Waals surface area contributed by atoms with Gasteiger partial charge in [0.1, 0.15) is 5.75 Å². The van der Waals surface area contributed by atoms with Gasteiger partial charge >= 0.3 is 0 Å². The number of rotatable bonds is 2. The Balaban J connectivity index is 2.03. The monoisotopic (exact) mass is 384 g/mol. The number of hydrogen-bond acceptors (Lipinski definition) is 1. The zero-order valence-electron chi connectivity index (χ0n) is 11.8. The predicted molar refractivity (Wildman–Crippen MR) is 91.8 cm³/mol. The van der Waals surface area contributed by atoms with Crippen molar-refractivity contribution in [2.75, 3.05) is 6.61 Å². The van der Waals surface area contributed by atoms with E-state index < -0.39 is 0 Å². The smallest absolute Gasteiger partial charge is 0.123 e. The molecule has 0 N–H and O–H groups in total. The summed E-state index contributed by atoms with van der Waals surface area (Å²) in [5.41, 5.74) is 3.26. The summed E-state index contributed by atoms with van der Waals surface area (Å²) in [6.07, 6.45) is 0. The standard InChI is InChI=1S/C17H15BrCl2O/c1-17(2)9-21-15-6-3-10(7-13(15)17)16(20)12-8-11(19)4-5-14(12)18/h3-8,16H,9H2,1-2H3. The summed E-state index contributed by atoms with van der Waals surface area (Å²) in [5, 5.41) is 0.434. The molecule has 1 aliphatic heterocycles. The van der Waals surface area contributed by atoms with Crippen molar-refractivity contribution in [2.24, 2.45) is 0 Å². The first-order valence-electron chi connectivity index (χ1n) is 6.75. The van der Waals surface area contributed by atoms with E-state index >= 15 is 0 Å². The van der Waals surface area contributed by atoms with Crippen LogP contribution >= 0.6 is 39.1 Å². The highest BCUT2D eigenvalue weighted by atomic mass is 79.9. The van der Waals surface area contributed by atoms with E-state index in [1.165, 1.54) is 5.56 Å². The van der Waals surface area contributed by atoms with E-state index in [-0.39, 0.29) is 10.8 Å². The molecule has 0 spiro atoms. The third-order valence-electron chi connectivity index (χ3n) is 3.85. The van der Waals surface area contributed by atoms with E-state index in [2.05, 4.69) is 35.8 Å². The van der Waals surface area contributed by atoms with Gasteiger partial charge < -0.3 is 4.74 Å². The average Bonchev–Trinajstić information content (AvgIpc) is 2.76. The molecule has 1 aliphatic rings. The Labute approximate surface area is 143 Å². The van der Waals surface area contributed by atoms with Crippen LogP contribution in [0.15, 0.2) is 40.9 Å². The lowest BCUT2D eigenvalue weighted by molar-refractivity contribution is 0.291. The zero-order valence-corrected chi connectivity index (χ0v) is 14.9. The van der Waals surface area contributed by atoms with Gasteiger partial charge in [-0.05, 0) is 41.5 Å². The van der Waals surface area contributed by atoms with Crippen LogP contribution in [0.4, 0.5) is 0 Å². The van der Waals surface area contributed by atoms with E-state index in [9.17, 15) is 0 Å². The molecule has 1 atom stereocenters. The van der Waals surface area contributed by atoms with Crippen LogP contribution in [0.2, 0.25) is 5.02 Å². The molecule has 1 unspecified atom stereocenters. The van der Waals surface area contributed by atoms with Crippen LogP contribution in [0, 0.1) is 0 Å². The van der Waals surface area contributed by atoms with Gasteiger partial charge in [0.2, 0.25) is 0 Å². The summed E-state index contributed by atoms with van der Waals surface area (Å²) >= 11 is 16.3. The van der Waals surface area contributed by atoms with Gasteiger partial charge in [-0.3, -0.25) is 0 Å². The molecular weight excluding hydrogens is 371 g/mol. The number of ether oxygens (including phenoxy) is 1. The van der Waals surface area contributed by atoms with E-state index in [1.807, 2.05) is 30.3 Å². The minimum Gasteiger partial charge on any atom is -0.492 e. The Morgan fingerprint density at radius 2 is 1.95 bits per heavy atom. The number of halogens is 3. The minimum absolute atomic E-state index is 0.0213. The third kappa shape index (κ3) is 2.81. The van der Waals surface area contributed by atoms with Crippen LogP contribution in [0.3, 0.4) is 0 Å². The number of benzene rings is 2. The van der Waals surface area contributed by atoms with Crippen molar-refractivity contribution < 1.29 is 4.74 Å². The van der Waals surface area contributed by atoms with Crippen LogP contribution in [0.5, 0.6) is 5.75 Å². The highest BCUT2D eigenvalue weighted by Gasteiger charge is 2.32. The van der Waals surface area contributed by atoms with Crippen molar-refractivity contribution in [2.45, 2.75) is 24.6 Å². The van der Waals surface area contributed by atoms with Gasteiger partial charge in [0.15, 0.2) is 0 Å². The highest BCUT2D eigenvalue weighted by Crippen LogP contribution is 2.42. The molecule has 0 aliphatic carbocycles. The molecule has 3 rings (SSSR count). The largest absolute Gasteiger partial charge is 0.492 e. The van der Waals surface area contributed by atoms with E-state index in [4.69, 9.17) is 27.9 Å². The molecular formula is C17H15BrCl2O. The summed E-state index contributed by atoms with van der Waals surface area (Å²) in [6.45, 7) is 5.07. The maximum atomic E-state index is 6.67. The normalized spacial score (nSPS) is 17.2. The highest BCUT2D eigenvalue weighted by molar-refractivity contribution is 9.10. The Kier molecular flexibility index (Phi) is 3.98. The van der Waals surface area contributed by atoms with Gasteiger partial charge in [-0.25, -0.2) is 0 Å². The molecule has 0 saturated carbocycles. The van der Waals surface area contributed by atoms with Gasteiger partial charge in [-0.2, -0.15) is 0 Å². The summed E-state index contributed by atoms with van der Waals surface area (Å²) in [7, 11) is 0. The van der Waals surface area contributed by atoms with Crippen molar-refractivity contribution in [3.05, 3.63) is 62.6 Å². The maximum absolute atomic E-state index is 6.67. The Bertz CT molecular complexity index is 697. The van der Waals surface area contributed by atoms with E-state index in [0.717, 1.165) is 21.3 Å². The first-order chi connectivity index (χ1) is 9.88. The molecule has 1 heterocycles. The lowest BCUT2D eigenvalue weighted by Gasteiger charge is -2.18. The number of hydrogen-bond donors (Lipinski definition) is 0. The molecule has 1 nitrogen and oxygen atoms in total. The first-order valence-corrected chi connectivity index (χ1v) is 8.35. The van der Waals surface area contributed by atoms with Crippen molar-refractivity contribution >= 4 is 39.1 Å². The summed E-state index contributed by atoms with van der Waals surface area (Å²) in [4.78, 5) is 0. The lowest BCUT2D eigenvalue weighted by Crippen LogP contribution is -2.18. The summed E-state index contributed by atoms with van der Waals surface area (Å²) in [5.74, 6) is 0.956. The Morgan fingerprint density at radius 3 is 2.71 bits per heavy atom. The second-order valence-electron chi connectivity index (χ2n) is 5.96. The number of alkyl halides is 1. The molecule has 0 amide bonds. The molecule has 0 saturated heterocycles. The average molecular weight is 386 g/mol. The molecule has 0 bridgehead atoms. The van der Waals surface area contributed by atoms with Crippen LogP contribution in [0.1, 0.15) is 35.9 Å². The topological polar surface area (TPSA) is 9.23 Å². The molecule has 110 valence electrons. The quantitative estimate of drug-likeness (QED) is 0.567. The fraction of sp³-hybridized carbons (Fsp3) is 0.294. The Morgan fingerprint density at radius 1 is 1.19 bits per heavy atom. The molecule has 0 aromatic heterocycles. The van der Waals surface area contributed by atoms with Crippen molar-refractivity contribution in [3.8, 4) is 5.75 Å². The lowest BCUT2D eigenvalue weighted by atomic mass is 9.85. The summed E-state index contributed by atoms with van der Waals surface area (Å²) in [6, 6.07) is 11.8. The fourth-order valence-corrected chi connectivity index (χ4v) is 3.69. The molecule has 4 heteroatoms. The fourth-order valence-electron chi connectivity index (χ4n) is 2.58. The van der Waals surface area contributed by atoms with E-state index in [1.54, 1.807) is 0 Å². The van der Waals surface area contributed by atoms with E-state index in [0.29, 0.717) is 11.6 Å². The van der Waals surface area contributed by atoms with Crippen molar-refractivity contribution in [1.82, 2.24) is 0 Å². The van der Waals surface area contributed by atoms with Crippen molar-refractivity contribution in [3.63, 3.8) is 0 Å². The van der Waals surface area contributed by atoms with Gasteiger partial charge in [0, 0.05) is 20.5 Å². The second kappa shape index (κ2) is 5.49. The maximum Gasteiger partial charge on any atom is 0.123 e. The van der Waals surface area contributed by atoms with Crippen LogP contribution < -0.4 is 4.74 Å². The third-order valence-corrected chi connectivity index (χ3v) is 5.29. The Hall–Kier alpha value is -0.700. The van der Waals surface area contributed by atoms with Crippen LogP contribution in [0.25, 0.3) is 0 Å². The molecule has 0 fully saturated rings. The van der Waals surface area contributed by atoms with Crippen LogP contribution in [-0.4, -0.2) is 6.61 Å². The minimum atomic E-state index is -0.250. The first kappa shape index (κ1) is 15.2. The molecule has 2 aromatic carbocycles. The van der Waals surface area contributed by atoms with Gasteiger partial charge in [0.05, 0.1) is 12.0 Å². The zero-order chi connectivity index (χ0) is 15.2. The van der Waals surface area contributed by atoms with Gasteiger partial charge in [0.25, 0.3) is 0 Å². The molecule has 21 heavy (non-hydrogen) atoms. The number of fused-ring (bicyclic) bond motifs is 1. The molecule has 0 radical (unpaired) electrons. The van der Waals surface area contributed by atoms with Crippen LogP contribution in [-0.2, 0) is 5.41 Å². The predicted octanol–water partition coefficient (Wildman–Crippen LogP) is 6.10.